The summed E-state index contributed by atoms with van der Waals surface area (Å²) in [6, 6.07) is 0.757. The number of fused-ring (bicyclic) bond motifs is 2. The van der Waals surface area contributed by atoms with Crippen molar-refractivity contribution in [3.63, 3.8) is 0 Å². The number of carboxylic acids is 1. The molecule has 13 nitrogen and oxygen atoms in total. The van der Waals surface area contributed by atoms with Gasteiger partial charge in [0, 0.05) is 22.9 Å². The standard InChI is InChI=1S/C21H17N7O6S3/c1-34-26-14(10-8-36-21(22)24-10)17(30)25-15-18(31)28-16(20(32)33)9(7-35-19(15)28)5-27-11-4-23-3-2-12(11)37-13(27)6-29/h2-4,6,8,15,19H,5,7H2,1H3,(H3-,22,24,25,30,32,33)/b26-14-/t15?,19-/m1/s1. The van der Waals surface area contributed by atoms with E-state index in [1.165, 1.54) is 35.6 Å². The number of aldehydes is 1. The number of pyridine rings is 1. The molecule has 5 rings (SSSR count). The molecule has 190 valence electrons. The monoisotopic (exact) mass is 559 g/mol. The first-order chi connectivity index (χ1) is 17.8. The zero-order chi connectivity index (χ0) is 26.3. The zero-order valence-electron chi connectivity index (χ0n) is 18.9. The summed E-state index contributed by atoms with van der Waals surface area (Å²) in [6.07, 6.45) is 3.88. The second-order valence-electron chi connectivity index (χ2n) is 7.78. The average Bonchev–Trinajstić information content (AvgIpc) is 3.48. The number of hydrogen-bond donors (Lipinski definition) is 2. The van der Waals surface area contributed by atoms with Crippen molar-refractivity contribution in [3.8, 4) is 0 Å². The summed E-state index contributed by atoms with van der Waals surface area (Å²) in [5.41, 5.74) is 6.44. The number of oxime groups is 1. The minimum atomic E-state index is -1.52. The van der Waals surface area contributed by atoms with Crippen LogP contribution < -0.4 is 20.7 Å². The van der Waals surface area contributed by atoms with E-state index in [2.05, 4.69) is 20.4 Å². The summed E-state index contributed by atoms with van der Waals surface area (Å²) in [5.74, 6) is -2.63. The number of carbonyl (C=O) groups is 4. The molecule has 0 spiro atoms. The Morgan fingerprint density at radius 3 is 2.95 bits per heavy atom. The van der Waals surface area contributed by atoms with E-state index in [-0.39, 0.29) is 34.5 Å². The van der Waals surface area contributed by atoms with Crippen LogP contribution in [0.5, 0.6) is 0 Å². The number of thiazole rings is 2. The maximum absolute atomic E-state index is 13.0. The predicted octanol–water partition coefficient (Wildman–Crippen LogP) is -1.11. The molecule has 3 aromatic rings. The number of nitrogens with zero attached hydrogens (tertiary/aromatic N) is 5. The van der Waals surface area contributed by atoms with Gasteiger partial charge in [0.25, 0.3) is 11.8 Å². The summed E-state index contributed by atoms with van der Waals surface area (Å²) in [6.45, 7) is 0.0551. The van der Waals surface area contributed by atoms with E-state index >= 15 is 0 Å². The van der Waals surface area contributed by atoms with Gasteiger partial charge in [-0.25, -0.2) is 4.98 Å². The van der Waals surface area contributed by atoms with Crippen molar-refractivity contribution in [2.45, 2.75) is 18.0 Å². The van der Waals surface area contributed by atoms with Crippen LogP contribution in [0.3, 0.4) is 0 Å². The molecule has 2 aliphatic rings. The van der Waals surface area contributed by atoms with Gasteiger partial charge in [-0.05, 0) is 6.07 Å². The van der Waals surface area contributed by atoms with Crippen LogP contribution in [-0.4, -0.2) is 68.9 Å². The summed E-state index contributed by atoms with van der Waals surface area (Å²) < 4.78 is 2.47. The Morgan fingerprint density at radius 2 is 2.27 bits per heavy atom. The van der Waals surface area contributed by atoms with Crippen LogP contribution in [0, 0.1) is 0 Å². The molecule has 1 fully saturated rings. The lowest BCUT2D eigenvalue weighted by Gasteiger charge is -2.50. The van der Waals surface area contributed by atoms with E-state index in [0.29, 0.717) is 22.4 Å². The van der Waals surface area contributed by atoms with Crippen molar-refractivity contribution >= 4 is 79.6 Å². The summed E-state index contributed by atoms with van der Waals surface area (Å²) in [7, 11) is 1.26. The van der Waals surface area contributed by atoms with E-state index in [1.807, 2.05) is 0 Å². The van der Waals surface area contributed by atoms with Crippen molar-refractivity contribution in [1.82, 2.24) is 20.2 Å². The number of aromatic nitrogens is 3. The maximum Gasteiger partial charge on any atom is 0.303 e. The first-order valence-corrected chi connectivity index (χ1v) is 13.3. The molecule has 0 radical (unpaired) electrons. The third-order valence-corrected chi connectivity index (χ3v) is 8.78. The molecule has 1 saturated heterocycles. The Kier molecular flexibility index (Phi) is 6.61. The first-order valence-electron chi connectivity index (χ1n) is 10.6. The van der Waals surface area contributed by atoms with Crippen LogP contribution in [-0.2, 0) is 25.8 Å². The molecule has 2 amide bonds. The van der Waals surface area contributed by atoms with Crippen LogP contribution in [0.25, 0.3) is 10.2 Å². The SMILES string of the molecule is CO/N=C(\C(=O)NC1C(=O)N2C(C(=O)[O-])=C(C[n+]3c(C=O)sc4ccncc43)CS[C@H]12)c1csc(N)n1. The highest BCUT2D eigenvalue weighted by Gasteiger charge is 2.53. The number of rotatable bonds is 8. The van der Waals surface area contributed by atoms with E-state index in [9.17, 15) is 24.3 Å². The highest BCUT2D eigenvalue weighted by molar-refractivity contribution is 8.00. The topological polar surface area (TPSA) is 184 Å². The Balaban J connectivity index is 1.40. The van der Waals surface area contributed by atoms with Gasteiger partial charge in [-0.2, -0.15) is 4.57 Å². The molecule has 5 heterocycles. The molecule has 2 aliphatic heterocycles. The van der Waals surface area contributed by atoms with Crippen LogP contribution in [0.2, 0.25) is 0 Å². The molecular weight excluding hydrogens is 542 g/mol. The van der Waals surface area contributed by atoms with Crippen molar-refractivity contribution in [3.05, 3.63) is 45.8 Å². The van der Waals surface area contributed by atoms with Gasteiger partial charge in [-0.15, -0.1) is 23.1 Å². The molecule has 16 heteroatoms. The van der Waals surface area contributed by atoms with Crippen molar-refractivity contribution in [2.24, 2.45) is 5.16 Å². The van der Waals surface area contributed by atoms with E-state index in [1.54, 1.807) is 23.0 Å². The molecule has 0 aromatic carbocycles. The Morgan fingerprint density at radius 1 is 1.46 bits per heavy atom. The smallest absolute Gasteiger partial charge is 0.303 e. The quantitative estimate of drug-likeness (QED) is 0.113. The number of thioether (sulfide) groups is 1. The number of carboxylic acid groups (broad SMARTS) is 1. The average molecular weight is 560 g/mol. The van der Waals surface area contributed by atoms with Gasteiger partial charge in [0.05, 0.1) is 17.9 Å². The molecular formula is C21H17N7O6S3. The molecule has 0 saturated carbocycles. The number of nitrogens with one attached hydrogen (secondary N) is 1. The van der Waals surface area contributed by atoms with Gasteiger partial charge in [0.2, 0.25) is 11.8 Å². The number of anilines is 1. The summed E-state index contributed by atoms with van der Waals surface area (Å²) in [5, 5.41) is 19.9. The fraction of sp³-hybridized carbons (Fsp3) is 0.238. The number of hydrogen-bond acceptors (Lipinski definition) is 13. The van der Waals surface area contributed by atoms with Crippen molar-refractivity contribution < 1.29 is 33.7 Å². The van der Waals surface area contributed by atoms with E-state index in [4.69, 9.17) is 10.6 Å². The van der Waals surface area contributed by atoms with Gasteiger partial charge in [-0.1, -0.05) is 16.5 Å². The molecule has 0 aliphatic carbocycles. The normalized spacial score (nSPS) is 19.4. The highest BCUT2D eigenvalue weighted by atomic mass is 32.2. The van der Waals surface area contributed by atoms with Gasteiger partial charge in [0.15, 0.2) is 17.4 Å². The molecule has 3 aromatic heterocycles. The number of carbonyl (C=O) groups excluding carboxylic acids is 4. The number of β-lactam (4-membered cyclic amide) rings is 1. The molecule has 0 bridgehead atoms. The second kappa shape index (κ2) is 9.87. The summed E-state index contributed by atoms with van der Waals surface area (Å²) >= 11 is 3.64. The lowest BCUT2D eigenvalue weighted by molar-refractivity contribution is -0.660. The molecule has 2 atom stereocenters. The van der Waals surface area contributed by atoms with Gasteiger partial charge in [-0.3, -0.25) is 24.3 Å². The van der Waals surface area contributed by atoms with Gasteiger partial charge < -0.3 is 25.8 Å². The minimum Gasteiger partial charge on any atom is -0.543 e. The number of nitrogens with two attached hydrogens (primary N) is 1. The lowest BCUT2D eigenvalue weighted by Crippen LogP contribution is -2.71. The van der Waals surface area contributed by atoms with Crippen molar-refractivity contribution in [1.29, 1.82) is 0 Å². The maximum atomic E-state index is 13.0. The number of aliphatic carboxylic acids is 1. The Hall–Kier alpha value is -3.89. The fourth-order valence-electron chi connectivity index (χ4n) is 4.09. The van der Waals surface area contributed by atoms with E-state index < -0.39 is 29.2 Å². The Labute approximate surface area is 220 Å². The van der Waals surface area contributed by atoms with Crippen LogP contribution in [0.1, 0.15) is 15.5 Å². The van der Waals surface area contributed by atoms with Crippen LogP contribution >= 0.6 is 34.4 Å². The second-order valence-corrected chi connectivity index (χ2v) is 10.8. The van der Waals surface area contributed by atoms with Gasteiger partial charge >= 0.3 is 5.01 Å². The zero-order valence-corrected chi connectivity index (χ0v) is 21.4. The molecule has 3 N–H and O–H groups in total. The highest BCUT2D eigenvalue weighted by Crippen LogP contribution is 2.40. The number of nitrogen functional groups attached to an aromatic ring is 1. The first kappa shape index (κ1) is 24.8. The summed E-state index contributed by atoms with van der Waals surface area (Å²) in [4.78, 5) is 63.7. The van der Waals surface area contributed by atoms with Crippen molar-refractivity contribution in [2.75, 3.05) is 18.6 Å². The third-order valence-electron chi connectivity index (χ3n) is 5.67. The fourth-order valence-corrected chi connectivity index (χ4v) is 6.91. The lowest BCUT2D eigenvalue weighted by atomic mass is 10.0. The Bertz CT molecular complexity index is 1510. The van der Waals surface area contributed by atoms with Crippen LogP contribution in [0.4, 0.5) is 5.13 Å². The van der Waals surface area contributed by atoms with E-state index in [0.717, 1.165) is 20.9 Å². The molecule has 1 unspecified atom stereocenters. The molecule has 37 heavy (non-hydrogen) atoms. The number of amides is 2. The third kappa shape index (κ3) is 4.32. The minimum absolute atomic E-state index is 0.0551. The predicted molar refractivity (Wildman–Crippen MR) is 132 cm³/mol. The van der Waals surface area contributed by atoms with Crippen LogP contribution in [0.15, 0.2) is 40.3 Å². The van der Waals surface area contributed by atoms with Gasteiger partial charge in [0.1, 0.15) is 28.9 Å². The largest absolute Gasteiger partial charge is 0.543 e.